The van der Waals surface area contributed by atoms with Crippen LogP contribution in [0.2, 0.25) is 0 Å². The van der Waals surface area contributed by atoms with Crippen molar-refractivity contribution in [1.82, 2.24) is 0 Å². The summed E-state index contributed by atoms with van der Waals surface area (Å²) in [7, 11) is -13.9. The van der Waals surface area contributed by atoms with Gasteiger partial charge in [0, 0.05) is 0 Å². The van der Waals surface area contributed by atoms with Gasteiger partial charge in [-0.1, -0.05) is 55.7 Å². The third-order valence-electron chi connectivity index (χ3n) is 1.78. The van der Waals surface area contributed by atoms with Gasteiger partial charge in [-0.25, -0.2) is 13.7 Å². The highest BCUT2D eigenvalue weighted by Crippen LogP contribution is 2.57. The van der Waals surface area contributed by atoms with Gasteiger partial charge in [-0.15, -0.1) is 13.2 Å². The summed E-state index contributed by atoms with van der Waals surface area (Å²) in [6.45, 7) is 10.3. The van der Waals surface area contributed by atoms with Crippen molar-refractivity contribution in [3.63, 3.8) is 0 Å². The van der Waals surface area contributed by atoms with E-state index in [4.69, 9.17) is 24.5 Å². The summed E-state index contributed by atoms with van der Waals surface area (Å²) in [6.07, 6.45) is 0.778. The third kappa shape index (κ3) is 51.0. The van der Waals surface area contributed by atoms with Crippen molar-refractivity contribution in [2.24, 2.45) is 0 Å². The van der Waals surface area contributed by atoms with E-state index < -0.39 is 23.5 Å². The minimum absolute atomic E-state index is 0. The fraction of sp³-hybridized carbons (Fsp3) is 0.750. The van der Waals surface area contributed by atoms with Crippen LogP contribution in [0, 0.1) is 0 Å². The van der Waals surface area contributed by atoms with E-state index in [1.54, 1.807) is 13.8 Å². The van der Waals surface area contributed by atoms with Crippen molar-refractivity contribution in [3.05, 3.63) is 24.3 Å². The topological polar surface area (TPSA) is 180 Å². The van der Waals surface area contributed by atoms with Crippen molar-refractivity contribution < 1.29 is 51.5 Å². The molecule has 0 heterocycles. The Kier molecular flexibility index (Phi) is 40.8. The highest BCUT2D eigenvalue weighted by Gasteiger charge is 2.31. The van der Waals surface area contributed by atoms with Crippen molar-refractivity contribution in [1.29, 1.82) is 0 Å². The SMILES string of the molecule is C.C.C.C.C.C.C=C(C)CCOP(=O)(O)O.C=C(C)CCOP(=O)(O)OP(=O)(O)O. The lowest BCUT2D eigenvalue weighted by molar-refractivity contribution is 0.179. The lowest BCUT2D eigenvalue weighted by Crippen LogP contribution is -1.96. The molecule has 0 radical (unpaired) electrons. The van der Waals surface area contributed by atoms with Gasteiger partial charge >= 0.3 is 23.5 Å². The molecule has 1 unspecified atom stereocenters. The smallest absolute Gasteiger partial charge is 0.303 e. The van der Waals surface area contributed by atoms with E-state index in [1.165, 1.54) is 0 Å². The fourth-order valence-corrected chi connectivity index (χ4v) is 2.75. The zero-order valence-electron chi connectivity index (χ0n) is 13.3. The number of phosphoric acid groups is 3. The largest absolute Gasteiger partial charge is 0.481 e. The first kappa shape index (κ1) is 52.0. The maximum absolute atomic E-state index is 10.8. The van der Waals surface area contributed by atoms with Gasteiger partial charge in [0.1, 0.15) is 0 Å². The molecule has 0 rings (SSSR count). The normalized spacial score (nSPS) is 11.4. The quantitative estimate of drug-likeness (QED) is 0.171. The predicted molar refractivity (Wildman–Crippen MR) is 126 cm³/mol. The van der Waals surface area contributed by atoms with Gasteiger partial charge in [0.25, 0.3) is 0 Å². The molecule has 0 aliphatic carbocycles. The molecular formula is C16H47O11P3. The van der Waals surface area contributed by atoms with Gasteiger partial charge in [-0.2, -0.15) is 4.31 Å². The Labute approximate surface area is 184 Å². The van der Waals surface area contributed by atoms with E-state index >= 15 is 0 Å². The standard InChI is InChI=1S/C5H12O7P2.C5H11O4P.6CH4/c1-5(2)3-4-11-14(9,10)12-13(6,7)8;1-5(2)3-4-9-10(6,7)8;;;;;;/h1,3-4H2,2H3,(H,9,10)(H2,6,7,8);1,3-4H2,2H3,(H2,6,7,8);6*1H4. The van der Waals surface area contributed by atoms with Crippen LogP contribution < -0.4 is 0 Å². The maximum Gasteiger partial charge on any atom is 0.481 e. The summed E-state index contributed by atoms with van der Waals surface area (Å²) in [4.78, 5) is 41.6. The first-order chi connectivity index (χ1) is 10.5. The van der Waals surface area contributed by atoms with E-state index in [2.05, 4.69) is 26.5 Å². The van der Waals surface area contributed by atoms with E-state index in [1.807, 2.05) is 0 Å². The van der Waals surface area contributed by atoms with E-state index in [-0.39, 0.29) is 57.8 Å². The van der Waals surface area contributed by atoms with Gasteiger partial charge in [-0.3, -0.25) is 9.05 Å². The Morgan fingerprint density at radius 2 is 0.967 bits per heavy atom. The highest BCUT2D eigenvalue weighted by atomic mass is 31.3. The monoisotopic (exact) mass is 508 g/mol. The summed E-state index contributed by atoms with van der Waals surface area (Å²) in [5, 5.41) is 0. The van der Waals surface area contributed by atoms with E-state index in [0.717, 1.165) is 5.57 Å². The van der Waals surface area contributed by atoms with Crippen LogP contribution in [-0.4, -0.2) is 37.7 Å². The Hall–Kier alpha value is -0.150. The lowest BCUT2D eigenvalue weighted by atomic mass is 10.3. The van der Waals surface area contributed by atoms with Crippen LogP contribution in [0.4, 0.5) is 0 Å². The molecule has 5 N–H and O–H groups in total. The Balaban J connectivity index is -0.0000000463. The molecule has 1 atom stereocenters. The second-order valence-electron chi connectivity index (χ2n) is 4.61. The van der Waals surface area contributed by atoms with Gasteiger partial charge in [0.2, 0.25) is 0 Å². The molecule has 11 nitrogen and oxygen atoms in total. The summed E-state index contributed by atoms with van der Waals surface area (Å²) in [5.41, 5.74) is 1.55. The van der Waals surface area contributed by atoms with Crippen molar-refractivity contribution in [2.75, 3.05) is 13.2 Å². The molecule has 30 heavy (non-hydrogen) atoms. The zero-order valence-corrected chi connectivity index (χ0v) is 16.0. The highest BCUT2D eigenvalue weighted by molar-refractivity contribution is 7.60. The van der Waals surface area contributed by atoms with E-state index in [9.17, 15) is 13.7 Å². The molecule has 0 spiro atoms. The van der Waals surface area contributed by atoms with Gasteiger partial charge in [-0.05, 0) is 26.7 Å². The Bertz CT molecular complexity index is 553. The van der Waals surface area contributed by atoms with Crippen molar-refractivity contribution in [3.8, 4) is 0 Å². The molecule has 14 heteroatoms. The zero-order chi connectivity index (χ0) is 19.6. The van der Waals surface area contributed by atoms with Crippen LogP contribution in [0.25, 0.3) is 0 Å². The van der Waals surface area contributed by atoms with Crippen LogP contribution in [0.5, 0.6) is 0 Å². The molecule has 0 saturated heterocycles. The van der Waals surface area contributed by atoms with Crippen molar-refractivity contribution in [2.45, 2.75) is 71.2 Å². The number of rotatable bonds is 10. The molecule has 0 amide bonds. The molecule has 0 aliphatic heterocycles. The summed E-state index contributed by atoms with van der Waals surface area (Å²) in [5.74, 6) is 0. The molecule has 192 valence electrons. The molecule has 0 aromatic heterocycles. The second kappa shape index (κ2) is 23.5. The molecule has 0 aromatic carbocycles. The molecule has 0 saturated carbocycles. The van der Waals surface area contributed by atoms with Gasteiger partial charge in [0.15, 0.2) is 0 Å². The third-order valence-corrected chi connectivity index (χ3v) is 4.49. The minimum atomic E-state index is -5.01. The molecule has 0 aromatic rings. The van der Waals surface area contributed by atoms with Crippen LogP contribution in [-0.2, 0) is 27.1 Å². The van der Waals surface area contributed by atoms with Crippen LogP contribution in [0.3, 0.4) is 0 Å². The summed E-state index contributed by atoms with van der Waals surface area (Å²) in [6, 6.07) is 0. The first-order valence-electron chi connectivity index (χ1n) is 6.27. The van der Waals surface area contributed by atoms with Crippen LogP contribution in [0.1, 0.15) is 71.2 Å². The molecule has 0 aliphatic rings. The van der Waals surface area contributed by atoms with Crippen molar-refractivity contribution >= 4 is 23.5 Å². The van der Waals surface area contributed by atoms with Crippen LogP contribution >= 0.6 is 23.5 Å². The average molecular weight is 508 g/mol. The van der Waals surface area contributed by atoms with Crippen LogP contribution in [0.15, 0.2) is 24.3 Å². The summed E-state index contributed by atoms with van der Waals surface area (Å²) < 4.78 is 43.0. The summed E-state index contributed by atoms with van der Waals surface area (Å²) >= 11 is 0. The predicted octanol–water partition coefficient (Wildman–Crippen LogP) is 6.06. The van der Waals surface area contributed by atoms with Gasteiger partial charge in [0.05, 0.1) is 13.2 Å². The Morgan fingerprint density at radius 1 is 0.667 bits per heavy atom. The first-order valence-corrected chi connectivity index (χ1v) is 10.8. The minimum Gasteiger partial charge on any atom is -0.303 e. The number of hydrogen-bond donors (Lipinski definition) is 5. The number of hydrogen-bond acceptors (Lipinski definition) is 6. The Morgan fingerprint density at radius 3 is 1.20 bits per heavy atom. The average Bonchev–Trinajstić information content (AvgIpc) is 2.22. The van der Waals surface area contributed by atoms with Gasteiger partial charge < -0.3 is 24.5 Å². The number of phosphoric ester groups is 2. The second-order valence-corrected chi connectivity index (χ2v) is 8.68. The van der Waals surface area contributed by atoms with E-state index in [0.29, 0.717) is 18.4 Å². The molecule has 0 fully saturated rings. The fourth-order valence-electron chi connectivity index (χ4n) is 0.832. The lowest BCUT2D eigenvalue weighted by Gasteiger charge is -2.11. The maximum atomic E-state index is 10.8. The molecule has 0 bridgehead atoms. The molecular weight excluding hydrogens is 461 g/mol.